The third-order valence-electron chi connectivity index (χ3n) is 1.93. The molecule has 0 saturated heterocycles. The number of hydrogen-bond donors (Lipinski definition) is 1. The third-order valence-corrected chi connectivity index (χ3v) is 1.93. The molecule has 0 atom stereocenters. The van der Waals surface area contributed by atoms with Gasteiger partial charge in [0.25, 0.3) is 5.56 Å². The molecular formula is C12H18N2O. The van der Waals surface area contributed by atoms with Gasteiger partial charge in [0.1, 0.15) is 5.69 Å². The second-order valence-electron chi connectivity index (χ2n) is 4.43. The number of aromatic nitrogens is 2. The minimum absolute atomic E-state index is 0.0706. The monoisotopic (exact) mass is 206 g/mol. The van der Waals surface area contributed by atoms with Gasteiger partial charge in [-0.2, -0.15) is 0 Å². The van der Waals surface area contributed by atoms with Crippen molar-refractivity contribution in [3.8, 4) is 0 Å². The summed E-state index contributed by atoms with van der Waals surface area (Å²) in [7, 11) is 0. The van der Waals surface area contributed by atoms with Gasteiger partial charge in [0.15, 0.2) is 0 Å². The van der Waals surface area contributed by atoms with Crippen molar-refractivity contribution in [2.24, 2.45) is 5.92 Å². The van der Waals surface area contributed by atoms with Crippen LogP contribution in [0.3, 0.4) is 0 Å². The largest absolute Gasteiger partial charge is 0.320 e. The van der Waals surface area contributed by atoms with Gasteiger partial charge in [0.05, 0.1) is 11.9 Å². The van der Waals surface area contributed by atoms with Crippen molar-refractivity contribution in [3.05, 3.63) is 33.5 Å². The van der Waals surface area contributed by atoms with Crippen LogP contribution in [0.15, 0.2) is 16.6 Å². The van der Waals surface area contributed by atoms with E-state index in [1.165, 1.54) is 0 Å². The smallest absolute Gasteiger partial charge is 0.270 e. The normalized spacial score (nSPS) is 10.5. The summed E-state index contributed by atoms with van der Waals surface area (Å²) in [6.07, 6.45) is 4.35. The summed E-state index contributed by atoms with van der Waals surface area (Å²) in [4.78, 5) is 18.6. The zero-order valence-electron chi connectivity index (χ0n) is 9.79. The third kappa shape index (κ3) is 3.70. The van der Waals surface area contributed by atoms with E-state index in [9.17, 15) is 4.79 Å². The first-order chi connectivity index (χ1) is 6.99. The van der Waals surface area contributed by atoms with Crippen molar-refractivity contribution in [1.82, 2.24) is 9.97 Å². The maximum atomic E-state index is 11.6. The van der Waals surface area contributed by atoms with Gasteiger partial charge in [-0.15, -0.1) is 0 Å². The molecule has 82 valence electrons. The van der Waals surface area contributed by atoms with Crippen molar-refractivity contribution in [1.29, 1.82) is 0 Å². The molecule has 0 aliphatic carbocycles. The molecule has 0 amide bonds. The summed E-state index contributed by atoms with van der Waals surface area (Å²) >= 11 is 0. The molecule has 1 heterocycles. The fourth-order valence-corrected chi connectivity index (χ4v) is 1.36. The number of rotatable bonds is 3. The highest BCUT2D eigenvalue weighted by Crippen LogP contribution is 2.03. The van der Waals surface area contributed by atoms with E-state index in [-0.39, 0.29) is 5.56 Å². The van der Waals surface area contributed by atoms with Gasteiger partial charge < -0.3 is 4.98 Å². The molecule has 0 aliphatic heterocycles. The average Bonchev–Trinajstić information content (AvgIpc) is 2.08. The highest BCUT2D eigenvalue weighted by Gasteiger charge is 2.04. The fraction of sp³-hybridized carbons (Fsp3) is 0.500. The van der Waals surface area contributed by atoms with E-state index in [2.05, 4.69) is 23.8 Å². The van der Waals surface area contributed by atoms with Crippen LogP contribution in [-0.4, -0.2) is 9.97 Å². The molecule has 0 radical (unpaired) electrons. The van der Waals surface area contributed by atoms with Gasteiger partial charge in [-0.25, -0.2) is 0 Å². The summed E-state index contributed by atoms with van der Waals surface area (Å²) in [6.45, 7) is 8.12. The Morgan fingerprint density at radius 1 is 1.53 bits per heavy atom. The average molecular weight is 206 g/mol. The van der Waals surface area contributed by atoms with E-state index < -0.39 is 0 Å². The highest BCUT2D eigenvalue weighted by molar-refractivity contribution is 5.46. The quantitative estimate of drug-likeness (QED) is 0.825. The lowest BCUT2D eigenvalue weighted by molar-refractivity contribution is 0.628. The van der Waals surface area contributed by atoms with Gasteiger partial charge in [-0.1, -0.05) is 19.4 Å². The van der Waals surface area contributed by atoms with Crippen LogP contribution in [0.1, 0.15) is 39.1 Å². The van der Waals surface area contributed by atoms with Gasteiger partial charge in [0.2, 0.25) is 0 Å². The van der Waals surface area contributed by atoms with E-state index in [4.69, 9.17) is 0 Å². The van der Waals surface area contributed by atoms with E-state index in [1.807, 2.05) is 19.9 Å². The molecule has 3 nitrogen and oxygen atoms in total. The molecule has 0 bridgehead atoms. The Balaban J connectivity index is 2.99. The maximum absolute atomic E-state index is 11.6. The number of hydrogen-bond acceptors (Lipinski definition) is 2. The maximum Gasteiger partial charge on any atom is 0.270 e. The molecule has 0 aliphatic rings. The zero-order valence-corrected chi connectivity index (χ0v) is 9.79. The summed E-state index contributed by atoms with van der Waals surface area (Å²) < 4.78 is 0. The van der Waals surface area contributed by atoms with Crippen LogP contribution in [0.2, 0.25) is 0 Å². The Labute approximate surface area is 90.3 Å². The summed E-state index contributed by atoms with van der Waals surface area (Å²) in [5.41, 5.74) is 2.46. The van der Waals surface area contributed by atoms with Crippen LogP contribution >= 0.6 is 0 Å². The lowest BCUT2D eigenvalue weighted by Crippen LogP contribution is -2.17. The summed E-state index contributed by atoms with van der Waals surface area (Å²) in [6, 6.07) is 0. The Bertz CT molecular complexity index is 412. The molecule has 15 heavy (non-hydrogen) atoms. The zero-order chi connectivity index (χ0) is 11.4. The lowest BCUT2D eigenvalue weighted by Gasteiger charge is -2.03. The standard InChI is InChI=1S/C12H18N2O/c1-8(2)5-10-7-13-11(6-9(3)4)12(15)14-10/h5,7,9H,6H2,1-4H3,(H,14,15). The molecule has 0 aromatic carbocycles. The lowest BCUT2D eigenvalue weighted by atomic mass is 10.1. The van der Waals surface area contributed by atoms with Crippen molar-refractivity contribution < 1.29 is 0 Å². The van der Waals surface area contributed by atoms with Gasteiger partial charge in [0, 0.05) is 0 Å². The first-order valence-corrected chi connectivity index (χ1v) is 5.22. The number of nitrogens with zero attached hydrogens (tertiary/aromatic N) is 1. The minimum atomic E-state index is -0.0706. The van der Waals surface area contributed by atoms with Crippen LogP contribution in [0.5, 0.6) is 0 Å². The summed E-state index contributed by atoms with van der Waals surface area (Å²) in [5, 5.41) is 0. The topological polar surface area (TPSA) is 45.8 Å². The van der Waals surface area contributed by atoms with Crippen molar-refractivity contribution in [2.75, 3.05) is 0 Å². The fourth-order valence-electron chi connectivity index (χ4n) is 1.36. The molecule has 1 aromatic rings. The minimum Gasteiger partial charge on any atom is -0.320 e. The summed E-state index contributed by atoms with van der Waals surface area (Å²) in [5.74, 6) is 0.452. The van der Waals surface area contributed by atoms with E-state index in [0.717, 1.165) is 17.7 Å². The number of allylic oxidation sites excluding steroid dienone is 1. The van der Waals surface area contributed by atoms with Crippen molar-refractivity contribution in [3.63, 3.8) is 0 Å². The van der Waals surface area contributed by atoms with Crippen LogP contribution in [0.4, 0.5) is 0 Å². The van der Waals surface area contributed by atoms with Crippen LogP contribution in [0.25, 0.3) is 6.08 Å². The highest BCUT2D eigenvalue weighted by atomic mass is 16.1. The van der Waals surface area contributed by atoms with Crippen molar-refractivity contribution >= 4 is 6.08 Å². The van der Waals surface area contributed by atoms with E-state index in [1.54, 1.807) is 6.20 Å². The van der Waals surface area contributed by atoms with Crippen LogP contribution in [0, 0.1) is 5.92 Å². The molecule has 1 N–H and O–H groups in total. The molecule has 0 fully saturated rings. The van der Waals surface area contributed by atoms with Crippen LogP contribution < -0.4 is 5.56 Å². The van der Waals surface area contributed by atoms with Gasteiger partial charge in [-0.3, -0.25) is 9.78 Å². The Morgan fingerprint density at radius 3 is 2.67 bits per heavy atom. The van der Waals surface area contributed by atoms with Crippen molar-refractivity contribution in [2.45, 2.75) is 34.1 Å². The predicted molar refractivity (Wildman–Crippen MR) is 62.7 cm³/mol. The van der Waals surface area contributed by atoms with E-state index >= 15 is 0 Å². The Hall–Kier alpha value is -1.38. The molecule has 0 spiro atoms. The Morgan fingerprint density at radius 2 is 2.20 bits per heavy atom. The van der Waals surface area contributed by atoms with E-state index in [0.29, 0.717) is 11.6 Å². The molecule has 0 saturated carbocycles. The number of aromatic amines is 1. The molecule has 1 aromatic heterocycles. The first kappa shape index (κ1) is 11.7. The van der Waals surface area contributed by atoms with Gasteiger partial charge >= 0.3 is 0 Å². The predicted octanol–water partition coefficient (Wildman–Crippen LogP) is 2.39. The number of H-pyrrole nitrogens is 1. The molecule has 1 rings (SSSR count). The molecule has 0 unspecified atom stereocenters. The first-order valence-electron chi connectivity index (χ1n) is 5.22. The molecular weight excluding hydrogens is 188 g/mol. The second-order valence-corrected chi connectivity index (χ2v) is 4.43. The van der Waals surface area contributed by atoms with Gasteiger partial charge in [-0.05, 0) is 32.3 Å². The Kier molecular flexibility index (Phi) is 3.83. The second kappa shape index (κ2) is 4.91. The molecule has 3 heteroatoms. The number of nitrogens with one attached hydrogen (secondary N) is 1. The van der Waals surface area contributed by atoms with Crippen LogP contribution in [-0.2, 0) is 6.42 Å². The SMILES string of the molecule is CC(C)=Cc1cnc(CC(C)C)c(=O)[nH]1.